The molecule has 4 rings (SSSR count). The quantitative estimate of drug-likeness (QED) is 0.488. The molecule has 1 aliphatic heterocycles. The Morgan fingerprint density at radius 2 is 2.00 bits per heavy atom. The van der Waals surface area contributed by atoms with E-state index in [0.29, 0.717) is 17.5 Å². The van der Waals surface area contributed by atoms with Crippen LogP contribution >= 0.6 is 11.6 Å². The van der Waals surface area contributed by atoms with E-state index in [4.69, 9.17) is 16.0 Å². The Bertz CT molecular complexity index is 1270. The highest BCUT2D eigenvalue weighted by Crippen LogP contribution is 2.29. The molecule has 7 nitrogen and oxygen atoms in total. The summed E-state index contributed by atoms with van der Waals surface area (Å²) >= 11 is 5.99. The number of aryl methyl sites for hydroxylation is 2. The Morgan fingerprint density at radius 3 is 2.70 bits per heavy atom. The van der Waals surface area contributed by atoms with Gasteiger partial charge in [-0.15, -0.1) is 0 Å². The van der Waals surface area contributed by atoms with Crippen molar-refractivity contribution in [1.29, 1.82) is 0 Å². The number of guanidine groups is 1. The van der Waals surface area contributed by atoms with Crippen LogP contribution in [0.15, 0.2) is 63.6 Å². The van der Waals surface area contributed by atoms with E-state index in [-0.39, 0.29) is 12.1 Å². The smallest absolute Gasteiger partial charge is 0.340 e. The number of carboxylic acids is 1. The van der Waals surface area contributed by atoms with Gasteiger partial charge in [-0.05, 0) is 54.8 Å². The SMILES string of the molecule is CCCc1oc2ccc(NC3=NCC(=O)C(C(=O)O)=CN3Cc3ccc(Cl)cc3)cc2c1C. The third kappa shape index (κ3) is 4.93. The Hall–Kier alpha value is -3.58. The summed E-state index contributed by atoms with van der Waals surface area (Å²) in [5.41, 5.74) is 3.24. The Balaban J connectivity index is 1.68. The van der Waals surface area contributed by atoms with Crippen LogP contribution in [0.2, 0.25) is 5.02 Å². The molecule has 0 fully saturated rings. The Labute approximate surface area is 196 Å². The van der Waals surface area contributed by atoms with Gasteiger partial charge in [0.25, 0.3) is 0 Å². The second-order valence-electron chi connectivity index (χ2n) is 7.90. The van der Waals surface area contributed by atoms with Gasteiger partial charge in [0.05, 0.1) is 6.54 Å². The van der Waals surface area contributed by atoms with Gasteiger partial charge in [0.1, 0.15) is 23.5 Å². The van der Waals surface area contributed by atoms with Gasteiger partial charge in [-0.2, -0.15) is 0 Å². The minimum Gasteiger partial charge on any atom is -0.478 e. The van der Waals surface area contributed by atoms with Crippen LogP contribution in [0.5, 0.6) is 0 Å². The zero-order valence-corrected chi connectivity index (χ0v) is 19.1. The van der Waals surface area contributed by atoms with Gasteiger partial charge in [-0.25, -0.2) is 9.79 Å². The number of aliphatic carboxylic acids is 1. The number of ketones is 1. The van der Waals surface area contributed by atoms with E-state index in [2.05, 4.69) is 17.2 Å². The number of fused-ring (bicyclic) bond motifs is 1. The molecule has 2 aromatic carbocycles. The number of anilines is 1. The largest absolute Gasteiger partial charge is 0.478 e. The molecule has 8 heteroatoms. The first kappa shape index (κ1) is 22.6. The molecule has 1 aromatic heterocycles. The molecule has 0 bridgehead atoms. The number of nitrogens with zero attached hydrogens (tertiary/aromatic N) is 2. The number of rotatable bonds is 6. The molecule has 0 saturated carbocycles. The van der Waals surface area contributed by atoms with Gasteiger partial charge in [-0.1, -0.05) is 30.7 Å². The fourth-order valence-corrected chi connectivity index (χ4v) is 3.87. The van der Waals surface area contributed by atoms with Crippen molar-refractivity contribution < 1.29 is 19.1 Å². The lowest BCUT2D eigenvalue weighted by atomic mass is 10.1. The van der Waals surface area contributed by atoms with Crippen molar-refractivity contribution in [2.45, 2.75) is 33.2 Å². The number of Topliss-reactive ketones (excluding diaryl/α,β-unsaturated/α-hetero) is 1. The van der Waals surface area contributed by atoms with Gasteiger partial charge in [-0.3, -0.25) is 4.79 Å². The normalized spacial score (nSPS) is 14.2. The second-order valence-corrected chi connectivity index (χ2v) is 8.34. The monoisotopic (exact) mass is 465 g/mol. The van der Waals surface area contributed by atoms with Crippen LogP contribution in [0.4, 0.5) is 5.69 Å². The van der Waals surface area contributed by atoms with Gasteiger partial charge in [0, 0.05) is 28.7 Å². The highest BCUT2D eigenvalue weighted by molar-refractivity contribution is 6.30. The van der Waals surface area contributed by atoms with E-state index in [9.17, 15) is 14.7 Å². The number of carboxylic acid groups (broad SMARTS) is 1. The first-order valence-electron chi connectivity index (χ1n) is 10.7. The van der Waals surface area contributed by atoms with Crippen LogP contribution in [0.25, 0.3) is 11.0 Å². The maximum atomic E-state index is 12.3. The van der Waals surface area contributed by atoms with Crippen LogP contribution in [0.1, 0.15) is 30.2 Å². The lowest BCUT2D eigenvalue weighted by Crippen LogP contribution is -2.32. The molecule has 3 aromatic rings. The number of carbonyl (C=O) groups excluding carboxylic acids is 1. The standard InChI is InChI=1S/C25H24ClN3O4/c1-3-4-22-15(2)19-11-18(9-10-23(19)33-22)28-25-27-12-21(30)20(24(31)32)14-29(25)13-16-5-7-17(26)8-6-16/h5-11,14H,3-4,12-13H2,1-2H3,(H,27,28)(H,31,32). The van der Waals surface area contributed by atoms with Gasteiger partial charge >= 0.3 is 5.97 Å². The molecule has 0 spiro atoms. The van der Waals surface area contributed by atoms with Crippen molar-refractivity contribution in [2.24, 2.45) is 4.99 Å². The average Bonchev–Trinajstić information content (AvgIpc) is 3.00. The van der Waals surface area contributed by atoms with Crippen molar-refractivity contribution in [3.05, 3.63) is 76.1 Å². The summed E-state index contributed by atoms with van der Waals surface area (Å²) in [7, 11) is 0. The Morgan fingerprint density at radius 1 is 1.24 bits per heavy atom. The number of hydrogen-bond donors (Lipinski definition) is 2. The van der Waals surface area contributed by atoms with Crippen molar-refractivity contribution in [1.82, 2.24) is 4.90 Å². The first-order chi connectivity index (χ1) is 15.9. The van der Waals surface area contributed by atoms with Gasteiger partial charge < -0.3 is 19.7 Å². The molecule has 0 radical (unpaired) electrons. The summed E-state index contributed by atoms with van der Waals surface area (Å²) in [6.45, 7) is 4.20. The van der Waals surface area contributed by atoms with Crippen LogP contribution in [0, 0.1) is 6.92 Å². The molecule has 0 aliphatic carbocycles. The summed E-state index contributed by atoms with van der Waals surface area (Å²) in [5.74, 6) is -0.480. The molecule has 0 atom stereocenters. The van der Waals surface area contributed by atoms with Crippen molar-refractivity contribution in [3.63, 3.8) is 0 Å². The second kappa shape index (κ2) is 9.50. The molecular formula is C25H24ClN3O4. The Kier molecular flexibility index (Phi) is 6.51. The van der Waals surface area contributed by atoms with Crippen LogP contribution in [-0.4, -0.2) is 34.3 Å². The number of nitrogens with one attached hydrogen (secondary N) is 1. The lowest BCUT2D eigenvalue weighted by molar-refractivity contribution is -0.134. The molecule has 0 saturated heterocycles. The number of furan rings is 1. The molecular weight excluding hydrogens is 442 g/mol. The van der Waals surface area contributed by atoms with Gasteiger partial charge in [0.2, 0.25) is 5.96 Å². The van der Waals surface area contributed by atoms with Crippen LogP contribution < -0.4 is 5.32 Å². The fraction of sp³-hybridized carbons (Fsp3) is 0.240. The highest BCUT2D eigenvalue weighted by Gasteiger charge is 2.24. The minimum atomic E-state index is -1.28. The molecule has 1 aliphatic rings. The summed E-state index contributed by atoms with van der Waals surface area (Å²) in [6, 6.07) is 13.0. The molecule has 33 heavy (non-hydrogen) atoms. The van der Waals surface area contributed by atoms with Crippen molar-refractivity contribution in [3.8, 4) is 0 Å². The molecule has 0 unspecified atom stereocenters. The average molecular weight is 466 g/mol. The van der Waals surface area contributed by atoms with Crippen molar-refractivity contribution >= 4 is 46.0 Å². The zero-order chi connectivity index (χ0) is 23.5. The van der Waals surface area contributed by atoms with E-state index in [1.54, 1.807) is 17.0 Å². The maximum absolute atomic E-state index is 12.3. The van der Waals surface area contributed by atoms with E-state index in [0.717, 1.165) is 46.4 Å². The molecule has 2 heterocycles. The summed E-state index contributed by atoms with van der Waals surface area (Å²) in [6.07, 6.45) is 3.20. The van der Waals surface area contributed by atoms with Crippen molar-refractivity contribution in [2.75, 3.05) is 11.9 Å². The fourth-order valence-electron chi connectivity index (χ4n) is 3.75. The summed E-state index contributed by atoms with van der Waals surface area (Å²) in [4.78, 5) is 30.0. The zero-order valence-electron chi connectivity index (χ0n) is 18.4. The van der Waals surface area contributed by atoms with Gasteiger partial charge in [0.15, 0.2) is 5.78 Å². The molecule has 170 valence electrons. The first-order valence-corrected chi connectivity index (χ1v) is 11.1. The van der Waals surface area contributed by atoms with E-state index < -0.39 is 11.8 Å². The predicted octanol–water partition coefficient (Wildman–Crippen LogP) is 5.17. The lowest BCUT2D eigenvalue weighted by Gasteiger charge is -2.23. The number of benzene rings is 2. The minimum absolute atomic E-state index is 0.259. The summed E-state index contributed by atoms with van der Waals surface area (Å²) in [5, 5.41) is 14.4. The third-order valence-electron chi connectivity index (χ3n) is 5.49. The topological polar surface area (TPSA) is 95.1 Å². The molecule has 2 N–H and O–H groups in total. The van der Waals surface area contributed by atoms with E-state index in [1.807, 2.05) is 37.3 Å². The predicted molar refractivity (Wildman–Crippen MR) is 129 cm³/mol. The van der Waals surface area contributed by atoms with E-state index in [1.165, 1.54) is 6.20 Å². The third-order valence-corrected chi connectivity index (χ3v) is 5.75. The highest BCUT2D eigenvalue weighted by atomic mass is 35.5. The molecule has 0 amide bonds. The van der Waals surface area contributed by atoms with Crippen LogP contribution in [0.3, 0.4) is 0 Å². The van der Waals surface area contributed by atoms with Crippen LogP contribution in [-0.2, 0) is 22.6 Å². The number of aliphatic imine (C=N–C) groups is 1. The number of hydrogen-bond acceptors (Lipinski definition) is 6. The summed E-state index contributed by atoms with van der Waals surface area (Å²) < 4.78 is 5.97. The number of halogens is 1. The van der Waals surface area contributed by atoms with E-state index >= 15 is 0 Å². The number of carbonyl (C=O) groups is 2. The maximum Gasteiger partial charge on any atom is 0.340 e.